The Kier molecular flexibility index (Phi) is 7.08. The second-order valence-corrected chi connectivity index (χ2v) is 3.90. The van der Waals surface area contributed by atoms with E-state index in [4.69, 9.17) is 19.7 Å². The zero-order valence-electron chi connectivity index (χ0n) is 12.6. The Hall–Kier alpha value is -2.92. The molecule has 0 spiro atoms. The molecule has 1 rings (SSSR count). The number of hydrogen-bond acceptors (Lipinski definition) is 5. The van der Waals surface area contributed by atoms with Gasteiger partial charge in [-0.1, -0.05) is 17.3 Å². The van der Waals surface area contributed by atoms with Gasteiger partial charge in [0.05, 0.1) is 26.4 Å². The summed E-state index contributed by atoms with van der Waals surface area (Å²) < 4.78 is 15.3. The topological polar surface area (TPSA) is 93.5 Å². The number of nitrogens with zero attached hydrogens (tertiary/aromatic N) is 3. The number of carbonyl (C=O) groups excluding carboxylic acids is 1. The Bertz CT molecular complexity index is 609. The fourth-order valence-corrected chi connectivity index (χ4v) is 1.68. The number of methoxy groups -OCH3 is 2. The molecule has 1 aromatic carbocycles. The minimum absolute atomic E-state index is 0.130. The zero-order chi connectivity index (χ0) is 16.4. The molecule has 0 radical (unpaired) electrons. The van der Waals surface area contributed by atoms with Crippen LogP contribution in [0.2, 0.25) is 0 Å². The minimum atomic E-state index is -0.683. The van der Waals surface area contributed by atoms with Gasteiger partial charge < -0.3 is 14.2 Å². The third-order valence-corrected chi connectivity index (χ3v) is 2.62. The van der Waals surface area contributed by atoms with Gasteiger partial charge in [0.1, 0.15) is 17.2 Å². The van der Waals surface area contributed by atoms with Crippen LogP contribution in [0.25, 0.3) is 16.5 Å². The van der Waals surface area contributed by atoms with E-state index < -0.39 is 5.97 Å². The molecule has 116 valence electrons. The highest BCUT2D eigenvalue weighted by molar-refractivity contribution is 5.88. The molecule has 22 heavy (non-hydrogen) atoms. The third kappa shape index (κ3) is 4.57. The van der Waals surface area contributed by atoms with Crippen molar-refractivity contribution in [3.8, 4) is 11.5 Å². The maximum absolute atomic E-state index is 11.6. The molecule has 0 fully saturated rings. The molecule has 0 aliphatic carbocycles. The number of carbonyl (C=O) groups is 1. The van der Waals surface area contributed by atoms with Crippen LogP contribution in [0.4, 0.5) is 0 Å². The van der Waals surface area contributed by atoms with E-state index in [2.05, 4.69) is 10.0 Å². The van der Waals surface area contributed by atoms with Gasteiger partial charge in [-0.15, -0.1) is 0 Å². The van der Waals surface area contributed by atoms with Crippen molar-refractivity contribution in [2.75, 3.05) is 20.8 Å². The first kappa shape index (κ1) is 17.1. The van der Waals surface area contributed by atoms with Gasteiger partial charge in [-0.3, -0.25) is 0 Å². The second-order valence-electron chi connectivity index (χ2n) is 3.90. The summed E-state index contributed by atoms with van der Waals surface area (Å²) in [4.78, 5) is 14.2. The molecule has 0 unspecified atom stereocenters. The summed E-state index contributed by atoms with van der Waals surface area (Å²) in [5, 5.41) is 3.31. The maximum atomic E-state index is 11.6. The summed E-state index contributed by atoms with van der Waals surface area (Å²) in [5.41, 5.74) is 9.05. The first-order valence-electron chi connectivity index (χ1n) is 6.49. The molecule has 0 aliphatic rings. The fraction of sp³-hybridized carbons (Fsp3) is 0.267. The maximum Gasteiger partial charge on any atom is 0.340 e. The van der Waals surface area contributed by atoms with Crippen LogP contribution >= 0.6 is 0 Å². The van der Waals surface area contributed by atoms with Gasteiger partial charge in [0.25, 0.3) is 0 Å². The molecule has 0 aromatic heterocycles. The van der Waals surface area contributed by atoms with Crippen molar-refractivity contribution < 1.29 is 19.0 Å². The average molecular weight is 303 g/mol. The highest BCUT2D eigenvalue weighted by Gasteiger charge is 2.08. The van der Waals surface area contributed by atoms with Crippen LogP contribution in [-0.2, 0) is 9.53 Å². The van der Waals surface area contributed by atoms with Crippen LogP contribution in [0.5, 0.6) is 11.5 Å². The zero-order valence-corrected chi connectivity index (χ0v) is 12.6. The van der Waals surface area contributed by atoms with Crippen molar-refractivity contribution in [3.63, 3.8) is 0 Å². The van der Waals surface area contributed by atoms with E-state index in [1.807, 2.05) is 0 Å². The van der Waals surface area contributed by atoms with Gasteiger partial charge in [-0.2, -0.15) is 0 Å². The molecule has 0 aliphatic heterocycles. The van der Waals surface area contributed by atoms with E-state index >= 15 is 0 Å². The minimum Gasteiger partial charge on any atom is -0.496 e. The third-order valence-electron chi connectivity index (χ3n) is 2.62. The van der Waals surface area contributed by atoms with E-state index in [-0.39, 0.29) is 12.3 Å². The van der Waals surface area contributed by atoms with E-state index in [0.717, 1.165) is 0 Å². The first-order chi connectivity index (χ1) is 10.7. The van der Waals surface area contributed by atoms with E-state index in [1.54, 1.807) is 51.5 Å². The number of hydrogen-bond donors (Lipinski definition) is 0. The lowest BCUT2D eigenvalue weighted by Crippen LogP contribution is -2.05. The van der Waals surface area contributed by atoms with Crippen molar-refractivity contribution in [3.05, 3.63) is 52.1 Å². The summed E-state index contributed by atoms with van der Waals surface area (Å²) in [5.74, 6) is 0.549. The van der Waals surface area contributed by atoms with Crippen LogP contribution in [0.1, 0.15) is 12.5 Å². The lowest BCUT2D eigenvalue weighted by Gasteiger charge is -2.09. The average Bonchev–Trinajstić information content (AvgIpc) is 2.54. The van der Waals surface area contributed by atoms with Gasteiger partial charge in [0, 0.05) is 4.91 Å². The normalized spacial score (nSPS) is 11.0. The SMILES string of the molecule is CCOC(=O)/C(=C/C=C/c1c(OC)cccc1OC)N=[N+]=[N-]. The van der Waals surface area contributed by atoms with Crippen LogP contribution in [0, 0.1) is 0 Å². The lowest BCUT2D eigenvalue weighted by atomic mass is 10.1. The van der Waals surface area contributed by atoms with Gasteiger partial charge in [0.15, 0.2) is 0 Å². The highest BCUT2D eigenvalue weighted by Crippen LogP contribution is 2.29. The molecule has 0 saturated carbocycles. The molecule has 0 N–H and O–H groups in total. The summed E-state index contributed by atoms with van der Waals surface area (Å²) in [6, 6.07) is 5.37. The quantitative estimate of drug-likeness (QED) is 0.192. The van der Waals surface area contributed by atoms with Crippen molar-refractivity contribution in [2.45, 2.75) is 6.92 Å². The molecule has 0 atom stereocenters. The number of ether oxygens (including phenoxy) is 3. The number of azide groups is 1. The smallest absolute Gasteiger partial charge is 0.340 e. The molecule has 0 heterocycles. The van der Waals surface area contributed by atoms with Crippen molar-refractivity contribution in [2.24, 2.45) is 5.11 Å². The van der Waals surface area contributed by atoms with E-state index in [9.17, 15) is 4.79 Å². The van der Waals surface area contributed by atoms with Crippen LogP contribution in [-0.4, -0.2) is 26.8 Å². The molecule has 7 nitrogen and oxygen atoms in total. The summed E-state index contributed by atoms with van der Waals surface area (Å²) in [7, 11) is 3.10. The lowest BCUT2D eigenvalue weighted by molar-refractivity contribution is -0.138. The van der Waals surface area contributed by atoms with Gasteiger partial charge in [-0.05, 0) is 36.7 Å². The molecular weight excluding hydrogens is 286 g/mol. The second kappa shape index (κ2) is 9.10. The van der Waals surface area contributed by atoms with Crippen LogP contribution in [0.15, 0.2) is 41.2 Å². The largest absolute Gasteiger partial charge is 0.496 e. The monoisotopic (exact) mass is 303 g/mol. The molecular formula is C15H17N3O4. The van der Waals surface area contributed by atoms with E-state index in [0.29, 0.717) is 17.1 Å². The van der Waals surface area contributed by atoms with Gasteiger partial charge in [-0.25, -0.2) is 4.79 Å². The number of benzene rings is 1. The Labute approximate surface area is 128 Å². The van der Waals surface area contributed by atoms with Crippen molar-refractivity contribution >= 4 is 12.0 Å². The predicted molar refractivity (Wildman–Crippen MR) is 82.4 cm³/mol. The molecule has 0 amide bonds. The van der Waals surface area contributed by atoms with Crippen molar-refractivity contribution in [1.29, 1.82) is 0 Å². The summed E-state index contributed by atoms with van der Waals surface area (Å²) in [6.07, 6.45) is 4.61. The van der Waals surface area contributed by atoms with E-state index in [1.165, 1.54) is 6.08 Å². The molecule has 0 saturated heterocycles. The Morgan fingerprint density at radius 1 is 1.32 bits per heavy atom. The Balaban J connectivity index is 3.11. The summed E-state index contributed by atoms with van der Waals surface area (Å²) in [6.45, 7) is 1.86. The molecule has 7 heteroatoms. The molecule has 0 bridgehead atoms. The van der Waals surface area contributed by atoms with Gasteiger partial charge in [0.2, 0.25) is 0 Å². The van der Waals surface area contributed by atoms with Crippen molar-refractivity contribution in [1.82, 2.24) is 0 Å². The Morgan fingerprint density at radius 3 is 2.45 bits per heavy atom. The fourth-order valence-electron chi connectivity index (χ4n) is 1.68. The first-order valence-corrected chi connectivity index (χ1v) is 6.49. The Morgan fingerprint density at radius 2 is 1.95 bits per heavy atom. The number of rotatable bonds is 7. The number of esters is 1. The highest BCUT2D eigenvalue weighted by atomic mass is 16.5. The van der Waals surface area contributed by atoms with Crippen LogP contribution in [0.3, 0.4) is 0 Å². The van der Waals surface area contributed by atoms with Crippen LogP contribution < -0.4 is 9.47 Å². The molecule has 1 aromatic rings. The van der Waals surface area contributed by atoms with Gasteiger partial charge >= 0.3 is 5.97 Å². The standard InChI is InChI=1S/C15H17N3O4/c1-4-22-15(19)12(17-18-16)8-5-7-11-13(20-2)9-6-10-14(11)21-3/h5-10H,4H2,1-3H3/b7-5+,12-8-. The number of allylic oxidation sites excluding steroid dienone is 2. The summed E-state index contributed by atoms with van der Waals surface area (Å²) >= 11 is 0. The predicted octanol–water partition coefficient (Wildman–Crippen LogP) is 3.47.